The summed E-state index contributed by atoms with van der Waals surface area (Å²) in [6.45, 7) is 6.42. The number of rotatable bonds is 5. The number of halogens is 1. The lowest BCUT2D eigenvalue weighted by molar-refractivity contribution is -0.163. The Bertz CT molecular complexity index is 237. The van der Waals surface area contributed by atoms with Crippen molar-refractivity contribution in [2.24, 2.45) is 0 Å². The number of alkyl halides is 1. The summed E-state index contributed by atoms with van der Waals surface area (Å²) in [6.07, 6.45) is -0.928. The summed E-state index contributed by atoms with van der Waals surface area (Å²) in [5.74, 6) is -1.01. The van der Waals surface area contributed by atoms with Gasteiger partial charge in [0.15, 0.2) is 6.10 Å². The minimum absolute atomic E-state index is 0.106. The molecule has 0 saturated heterocycles. The van der Waals surface area contributed by atoms with Crippen LogP contribution in [0.4, 0.5) is 0 Å². The molecule has 0 bridgehead atoms. The average Bonchev–Trinajstić information content (AvgIpc) is 2.13. The highest BCUT2D eigenvalue weighted by molar-refractivity contribution is 6.18. The van der Waals surface area contributed by atoms with Crippen molar-refractivity contribution in [2.75, 3.05) is 12.5 Å². The third kappa shape index (κ3) is 4.87. The summed E-state index contributed by atoms with van der Waals surface area (Å²) < 4.78 is 9.37. The summed E-state index contributed by atoms with van der Waals surface area (Å²) in [4.78, 5) is 22.0. The second-order valence-electron chi connectivity index (χ2n) is 2.68. The highest BCUT2D eigenvalue weighted by atomic mass is 35.5. The molecule has 0 aromatic rings. The van der Waals surface area contributed by atoms with E-state index in [2.05, 4.69) is 11.3 Å². The summed E-state index contributed by atoms with van der Waals surface area (Å²) in [5.41, 5.74) is 0.238. The molecule has 5 heteroatoms. The molecule has 0 aliphatic rings. The van der Waals surface area contributed by atoms with Gasteiger partial charge in [-0.1, -0.05) is 6.58 Å². The molecule has 80 valence electrons. The van der Waals surface area contributed by atoms with Crippen molar-refractivity contribution >= 4 is 23.5 Å². The van der Waals surface area contributed by atoms with E-state index in [-0.39, 0.29) is 18.1 Å². The lowest BCUT2D eigenvalue weighted by Crippen LogP contribution is -2.27. The van der Waals surface area contributed by atoms with Gasteiger partial charge in [0, 0.05) is 5.57 Å². The van der Waals surface area contributed by atoms with Crippen molar-refractivity contribution in [3.8, 4) is 0 Å². The van der Waals surface area contributed by atoms with E-state index in [1.165, 1.54) is 13.8 Å². The third-order valence-corrected chi connectivity index (χ3v) is 1.44. The van der Waals surface area contributed by atoms with Gasteiger partial charge >= 0.3 is 11.9 Å². The normalized spacial score (nSPS) is 11.6. The van der Waals surface area contributed by atoms with Gasteiger partial charge in [-0.05, 0) is 13.8 Å². The second-order valence-corrected chi connectivity index (χ2v) is 3.06. The first-order chi connectivity index (χ1) is 6.49. The van der Waals surface area contributed by atoms with Gasteiger partial charge in [0.2, 0.25) is 0 Å². The molecule has 0 aromatic heterocycles. The number of hydrogen-bond acceptors (Lipinski definition) is 4. The van der Waals surface area contributed by atoms with Gasteiger partial charge in [-0.15, -0.1) is 11.6 Å². The summed E-state index contributed by atoms with van der Waals surface area (Å²) in [5, 5.41) is 0. The smallest absolute Gasteiger partial charge is 0.347 e. The van der Waals surface area contributed by atoms with Gasteiger partial charge in [0.05, 0.1) is 5.88 Å². The van der Waals surface area contributed by atoms with Crippen molar-refractivity contribution in [3.63, 3.8) is 0 Å². The SMILES string of the molecule is C=C(C)C(=O)OC(C)C(=O)OCCCl. The molecule has 0 aliphatic carbocycles. The molecule has 0 spiro atoms. The quantitative estimate of drug-likeness (QED) is 0.398. The van der Waals surface area contributed by atoms with E-state index in [1.54, 1.807) is 0 Å². The summed E-state index contributed by atoms with van der Waals surface area (Å²) in [6, 6.07) is 0. The van der Waals surface area contributed by atoms with Crippen molar-refractivity contribution in [2.45, 2.75) is 20.0 Å². The first kappa shape index (κ1) is 13.0. The van der Waals surface area contributed by atoms with Crippen LogP contribution in [0.3, 0.4) is 0 Å². The van der Waals surface area contributed by atoms with E-state index in [0.29, 0.717) is 0 Å². The van der Waals surface area contributed by atoms with E-state index < -0.39 is 18.0 Å². The molecule has 0 radical (unpaired) electrons. The fourth-order valence-electron chi connectivity index (χ4n) is 0.566. The molecule has 0 N–H and O–H groups in total. The van der Waals surface area contributed by atoms with Crippen molar-refractivity contribution in [1.82, 2.24) is 0 Å². The zero-order chi connectivity index (χ0) is 11.1. The van der Waals surface area contributed by atoms with Crippen LogP contribution in [0, 0.1) is 0 Å². The van der Waals surface area contributed by atoms with E-state index in [9.17, 15) is 9.59 Å². The standard InChI is InChI=1S/C9H13ClO4/c1-6(2)8(11)14-7(3)9(12)13-5-4-10/h7H,1,4-5H2,2-3H3. The molecule has 0 aromatic carbocycles. The topological polar surface area (TPSA) is 52.6 Å². The zero-order valence-electron chi connectivity index (χ0n) is 8.21. The predicted molar refractivity (Wildman–Crippen MR) is 52.0 cm³/mol. The van der Waals surface area contributed by atoms with Crippen LogP contribution in [0.5, 0.6) is 0 Å². The minimum Gasteiger partial charge on any atom is -0.462 e. The third-order valence-electron chi connectivity index (χ3n) is 1.29. The average molecular weight is 221 g/mol. The highest BCUT2D eigenvalue weighted by Crippen LogP contribution is 2.00. The fourth-order valence-corrected chi connectivity index (χ4v) is 0.643. The molecule has 14 heavy (non-hydrogen) atoms. The Balaban J connectivity index is 3.95. The van der Waals surface area contributed by atoms with Crippen molar-refractivity contribution in [3.05, 3.63) is 12.2 Å². The molecule has 0 rings (SSSR count). The Labute approximate surface area is 87.8 Å². The van der Waals surface area contributed by atoms with Gasteiger partial charge < -0.3 is 9.47 Å². The van der Waals surface area contributed by atoms with Gasteiger partial charge in [-0.3, -0.25) is 0 Å². The van der Waals surface area contributed by atoms with Gasteiger partial charge in [0.25, 0.3) is 0 Å². The maximum absolute atomic E-state index is 11.1. The van der Waals surface area contributed by atoms with E-state index in [4.69, 9.17) is 16.3 Å². The van der Waals surface area contributed by atoms with Crippen molar-refractivity contribution < 1.29 is 19.1 Å². The molecular weight excluding hydrogens is 208 g/mol. The molecule has 0 saturated carbocycles. The predicted octanol–water partition coefficient (Wildman–Crippen LogP) is 1.28. The largest absolute Gasteiger partial charge is 0.462 e. The molecular formula is C9H13ClO4. The fraction of sp³-hybridized carbons (Fsp3) is 0.556. The first-order valence-electron chi connectivity index (χ1n) is 4.08. The van der Waals surface area contributed by atoms with Crippen LogP contribution >= 0.6 is 11.6 Å². The van der Waals surface area contributed by atoms with Gasteiger partial charge in [-0.2, -0.15) is 0 Å². The van der Waals surface area contributed by atoms with Gasteiger partial charge in [-0.25, -0.2) is 9.59 Å². The Morgan fingerprint density at radius 1 is 1.50 bits per heavy atom. The number of carbonyl (C=O) groups is 2. The summed E-state index contributed by atoms with van der Waals surface area (Å²) >= 11 is 5.31. The Morgan fingerprint density at radius 3 is 2.50 bits per heavy atom. The molecule has 4 nitrogen and oxygen atoms in total. The maximum Gasteiger partial charge on any atom is 0.347 e. The Hall–Kier alpha value is -1.03. The van der Waals surface area contributed by atoms with Crippen LogP contribution in [0.2, 0.25) is 0 Å². The monoisotopic (exact) mass is 220 g/mol. The first-order valence-corrected chi connectivity index (χ1v) is 4.61. The number of esters is 2. The van der Waals surface area contributed by atoms with E-state index in [0.717, 1.165) is 0 Å². The lowest BCUT2D eigenvalue weighted by atomic mass is 10.3. The van der Waals surface area contributed by atoms with Crippen LogP contribution in [-0.2, 0) is 19.1 Å². The second kappa shape index (κ2) is 6.43. The zero-order valence-corrected chi connectivity index (χ0v) is 8.97. The minimum atomic E-state index is -0.928. The highest BCUT2D eigenvalue weighted by Gasteiger charge is 2.18. The molecule has 1 unspecified atom stereocenters. The summed E-state index contributed by atoms with van der Waals surface area (Å²) in [7, 11) is 0. The molecule has 1 atom stereocenters. The van der Waals surface area contributed by atoms with Crippen LogP contribution in [0.25, 0.3) is 0 Å². The van der Waals surface area contributed by atoms with Crippen LogP contribution in [0.1, 0.15) is 13.8 Å². The van der Waals surface area contributed by atoms with Crippen LogP contribution < -0.4 is 0 Å². The molecule has 0 aliphatic heterocycles. The Kier molecular flexibility index (Phi) is 5.95. The Morgan fingerprint density at radius 2 is 2.07 bits per heavy atom. The van der Waals surface area contributed by atoms with Gasteiger partial charge in [0.1, 0.15) is 6.61 Å². The van der Waals surface area contributed by atoms with Crippen LogP contribution in [-0.4, -0.2) is 30.5 Å². The number of hydrogen-bond donors (Lipinski definition) is 0. The van der Waals surface area contributed by atoms with Crippen LogP contribution in [0.15, 0.2) is 12.2 Å². The van der Waals surface area contributed by atoms with E-state index in [1.807, 2.05) is 0 Å². The van der Waals surface area contributed by atoms with E-state index >= 15 is 0 Å². The molecule has 0 amide bonds. The van der Waals surface area contributed by atoms with Crippen molar-refractivity contribution in [1.29, 1.82) is 0 Å². The molecule has 0 fully saturated rings. The number of carbonyl (C=O) groups excluding carboxylic acids is 2. The molecule has 0 heterocycles. The lowest BCUT2D eigenvalue weighted by Gasteiger charge is -2.11. The maximum atomic E-state index is 11.1. The number of ether oxygens (including phenoxy) is 2.